The molecule has 3 N–H and O–H groups in total. The lowest BCUT2D eigenvalue weighted by atomic mass is 9.47. The second-order valence-corrected chi connectivity index (χ2v) is 11.2. The van der Waals surface area contributed by atoms with Crippen LogP contribution in [-0.2, 0) is 11.0 Å². The molecule has 4 bridgehead atoms. The SMILES string of the molecule is CC1(C)C(=O)N(C2C3CC4CC2CC(C(=N)N)(C4)C3)CC1COc1ccc(C(F)(F)F)cn1. The first-order valence-corrected chi connectivity index (χ1v) is 11.7. The zero-order valence-corrected chi connectivity index (χ0v) is 19.0. The van der Waals surface area contributed by atoms with Gasteiger partial charge in [-0.2, -0.15) is 13.2 Å². The number of nitrogens with one attached hydrogen (secondary N) is 1. The first-order valence-electron chi connectivity index (χ1n) is 11.7. The maximum atomic E-state index is 13.5. The summed E-state index contributed by atoms with van der Waals surface area (Å²) in [5.74, 6) is 1.80. The second-order valence-electron chi connectivity index (χ2n) is 11.2. The number of carbonyl (C=O) groups is 1. The van der Waals surface area contributed by atoms with Gasteiger partial charge in [0.15, 0.2) is 0 Å². The minimum atomic E-state index is -4.44. The quantitative estimate of drug-likeness (QED) is 0.507. The number of hydrogen-bond donors (Lipinski definition) is 2. The Morgan fingerprint density at radius 2 is 1.91 bits per heavy atom. The Morgan fingerprint density at radius 1 is 1.24 bits per heavy atom. The Kier molecular flexibility index (Phi) is 5.00. The molecule has 0 radical (unpaired) electrons. The lowest BCUT2D eigenvalue weighted by Crippen LogP contribution is -2.62. The summed E-state index contributed by atoms with van der Waals surface area (Å²) in [6.45, 7) is 4.64. The molecular weight excluding hydrogens is 433 g/mol. The highest BCUT2D eigenvalue weighted by molar-refractivity contribution is 5.86. The Morgan fingerprint density at radius 3 is 2.45 bits per heavy atom. The van der Waals surface area contributed by atoms with E-state index in [4.69, 9.17) is 15.9 Å². The molecule has 33 heavy (non-hydrogen) atoms. The molecule has 1 aromatic heterocycles. The van der Waals surface area contributed by atoms with Crippen LogP contribution in [0.15, 0.2) is 18.3 Å². The largest absolute Gasteiger partial charge is 0.477 e. The highest BCUT2D eigenvalue weighted by Gasteiger charge is 2.61. The summed E-state index contributed by atoms with van der Waals surface area (Å²) in [5, 5.41) is 8.18. The molecule has 6 nitrogen and oxygen atoms in total. The molecule has 1 aliphatic heterocycles. The summed E-state index contributed by atoms with van der Waals surface area (Å²) in [4.78, 5) is 19.3. The first-order chi connectivity index (χ1) is 15.4. The van der Waals surface area contributed by atoms with Gasteiger partial charge in [0, 0.05) is 36.2 Å². The summed E-state index contributed by atoms with van der Waals surface area (Å²) >= 11 is 0. The van der Waals surface area contributed by atoms with Crippen molar-refractivity contribution in [2.75, 3.05) is 13.2 Å². The molecule has 3 unspecified atom stereocenters. The van der Waals surface area contributed by atoms with Gasteiger partial charge in [-0.15, -0.1) is 0 Å². The molecule has 2 heterocycles. The number of alkyl halides is 3. The summed E-state index contributed by atoms with van der Waals surface area (Å²) in [6, 6.07) is 2.36. The fourth-order valence-electron chi connectivity index (χ4n) is 7.27. The minimum Gasteiger partial charge on any atom is -0.477 e. The number of nitrogens with two attached hydrogens (primary N) is 1. The van der Waals surface area contributed by atoms with E-state index in [-0.39, 0.29) is 35.8 Å². The van der Waals surface area contributed by atoms with Crippen molar-refractivity contribution in [1.82, 2.24) is 9.88 Å². The molecule has 1 saturated heterocycles. The zero-order chi connectivity index (χ0) is 23.8. The smallest absolute Gasteiger partial charge is 0.417 e. The van der Waals surface area contributed by atoms with E-state index in [0.29, 0.717) is 30.1 Å². The summed E-state index contributed by atoms with van der Waals surface area (Å²) < 4.78 is 44.0. The Labute approximate surface area is 191 Å². The molecule has 9 heteroatoms. The number of aromatic nitrogens is 1. The van der Waals surface area contributed by atoms with Crippen LogP contribution in [-0.4, -0.2) is 40.8 Å². The number of carbonyl (C=O) groups excluding carboxylic acids is 1. The van der Waals surface area contributed by atoms with Crippen LogP contribution in [0.2, 0.25) is 0 Å². The van der Waals surface area contributed by atoms with E-state index < -0.39 is 17.2 Å². The molecule has 1 aromatic rings. The third-order valence-corrected chi connectivity index (χ3v) is 8.90. The van der Waals surface area contributed by atoms with Gasteiger partial charge in [-0.1, -0.05) is 13.8 Å². The highest BCUT2D eigenvalue weighted by Crippen LogP contribution is 2.62. The number of pyridine rings is 1. The van der Waals surface area contributed by atoms with Crippen molar-refractivity contribution in [2.45, 2.75) is 58.2 Å². The molecule has 6 rings (SSSR count). The second kappa shape index (κ2) is 7.34. The molecule has 0 spiro atoms. The van der Waals surface area contributed by atoms with Crippen molar-refractivity contribution in [1.29, 1.82) is 5.41 Å². The number of likely N-dealkylation sites (tertiary alicyclic amines) is 1. The standard InChI is InChI=1S/C24H31F3N4O2/c1-22(2)17(12-33-18-4-3-16(10-30-18)24(25,26)27)11-31(21(22)32)19-14-5-13-6-15(19)9-23(7-13,8-14)20(28)29/h3-4,10,13-15,17,19H,5-9,11-12H2,1-2H3,(H3,28,29). The van der Waals surface area contributed by atoms with E-state index in [0.717, 1.165) is 44.4 Å². The van der Waals surface area contributed by atoms with Crippen molar-refractivity contribution >= 4 is 11.7 Å². The van der Waals surface area contributed by atoms with Crippen LogP contribution < -0.4 is 10.5 Å². The molecule has 4 aliphatic carbocycles. The highest BCUT2D eigenvalue weighted by atomic mass is 19.4. The van der Waals surface area contributed by atoms with E-state index in [2.05, 4.69) is 9.88 Å². The number of ether oxygens (including phenoxy) is 1. The normalized spacial score (nSPS) is 36.9. The van der Waals surface area contributed by atoms with Crippen molar-refractivity contribution < 1.29 is 22.7 Å². The Bertz CT molecular complexity index is 945. The minimum absolute atomic E-state index is 0.0898. The molecule has 0 aromatic carbocycles. The van der Waals surface area contributed by atoms with Crippen molar-refractivity contribution in [3.8, 4) is 5.88 Å². The number of amides is 1. The predicted octanol–water partition coefficient (Wildman–Crippen LogP) is 4.09. The molecule has 180 valence electrons. The van der Waals surface area contributed by atoms with Crippen LogP contribution in [0, 0.1) is 39.9 Å². The maximum absolute atomic E-state index is 13.5. The van der Waals surface area contributed by atoms with Gasteiger partial charge in [0.25, 0.3) is 0 Å². The van der Waals surface area contributed by atoms with Crippen LogP contribution in [0.25, 0.3) is 0 Å². The fourth-order valence-corrected chi connectivity index (χ4v) is 7.27. The summed E-state index contributed by atoms with van der Waals surface area (Å²) in [5.41, 5.74) is 4.41. The molecular formula is C24H31F3N4O2. The van der Waals surface area contributed by atoms with Crippen molar-refractivity contribution in [3.63, 3.8) is 0 Å². The van der Waals surface area contributed by atoms with Gasteiger partial charge in [0.2, 0.25) is 11.8 Å². The van der Waals surface area contributed by atoms with Crippen LogP contribution in [0.1, 0.15) is 51.5 Å². The van der Waals surface area contributed by atoms with Crippen molar-refractivity contribution in [2.24, 2.45) is 40.2 Å². The monoisotopic (exact) mass is 464 g/mol. The van der Waals surface area contributed by atoms with E-state index in [9.17, 15) is 18.0 Å². The maximum Gasteiger partial charge on any atom is 0.417 e. The predicted molar refractivity (Wildman–Crippen MR) is 115 cm³/mol. The van der Waals surface area contributed by atoms with Gasteiger partial charge < -0.3 is 15.4 Å². The van der Waals surface area contributed by atoms with Gasteiger partial charge in [0.05, 0.1) is 23.4 Å². The van der Waals surface area contributed by atoms with Crippen LogP contribution in [0.3, 0.4) is 0 Å². The number of amidine groups is 1. The summed E-state index contributed by atoms with van der Waals surface area (Å²) in [6.07, 6.45) is 1.31. The van der Waals surface area contributed by atoms with E-state index in [1.54, 1.807) is 0 Å². The Balaban J connectivity index is 1.29. The summed E-state index contributed by atoms with van der Waals surface area (Å²) in [7, 11) is 0. The van der Waals surface area contributed by atoms with E-state index >= 15 is 0 Å². The Hall–Kier alpha value is -2.32. The van der Waals surface area contributed by atoms with Gasteiger partial charge in [-0.05, 0) is 55.9 Å². The van der Waals surface area contributed by atoms with Gasteiger partial charge in [-0.3, -0.25) is 10.2 Å². The van der Waals surface area contributed by atoms with E-state index in [1.807, 2.05) is 13.8 Å². The molecule has 4 saturated carbocycles. The van der Waals surface area contributed by atoms with Crippen LogP contribution >= 0.6 is 0 Å². The molecule has 5 fully saturated rings. The van der Waals surface area contributed by atoms with E-state index in [1.165, 1.54) is 6.07 Å². The average Bonchev–Trinajstić information content (AvgIpc) is 2.94. The third-order valence-electron chi connectivity index (χ3n) is 8.90. The molecule has 1 amide bonds. The lowest BCUT2D eigenvalue weighted by molar-refractivity contribution is -0.147. The number of hydrogen-bond acceptors (Lipinski definition) is 4. The van der Waals surface area contributed by atoms with Gasteiger partial charge in [0.1, 0.15) is 0 Å². The molecule has 3 atom stereocenters. The van der Waals surface area contributed by atoms with Crippen LogP contribution in [0.4, 0.5) is 13.2 Å². The van der Waals surface area contributed by atoms with Gasteiger partial charge in [-0.25, -0.2) is 4.98 Å². The number of nitrogens with zero attached hydrogens (tertiary/aromatic N) is 2. The van der Waals surface area contributed by atoms with Gasteiger partial charge >= 0.3 is 6.18 Å². The fraction of sp³-hybridized carbons (Fsp3) is 0.708. The first kappa shape index (κ1) is 22.5. The lowest BCUT2D eigenvalue weighted by Gasteiger charge is -2.61. The number of rotatable bonds is 5. The molecule has 5 aliphatic rings. The third kappa shape index (κ3) is 3.58. The number of halogens is 3. The zero-order valence-electron chi connectivity index (χ0n) is 19.0. The van der Waals surface area contributed by atoms with Crippen LogP contribution in [0.5, 0.6) is 5.88 Å². The topological polar surface area (TPSA) is 92.3 Å². The average molecular weight is 465 g/mol. The van der Waals surface area contributed by atoms with Crippen molar-refractivity contribution in [3.05, 3.63) is 23.9 Å².